The molecule has 23 heavy (non-hydrogen) atoms. The Hall–Kier alpha value is -3.55. The Bertz CT molecular complexity index is 784. The van der Waals surface area contributed by atoms with Gasteiger partial charge in [-0.15, -0.1) is 0 Å². The van der Waals surface area contributed by atoms with E-state index in [1.807, 2.05) is 0 Å². The lowest BCUT2D eigenvalue weighted by Crippen LogP contribution is -2.18. The van der Waals surface area contributed by atoms with Crippen molar-refractivity contribution >= 4 is 23.8 Å². The highest BCUT2D eigenvalue weighted by molar-refractivity contribution is 5.98. The molecule has 0 heterocycles. The summed E-state index contributed by atoms with van der Waals surface area (Å²) in [7, 11) is 0. The number of nitrogens with one attached hydrogen (secondary N) is 1. The summed E-state index contributed by atoms with van der Waals surface area (Å²) < 4.78 is 0. The highest BCUT2D eigenvalue weighted by atomic mass is 16.6. The van der Waals surface area contributed by atoms with Crippen molar-refractivity contribution in [3.8, 4) is 0 Å². The molecule has 0 unspecified atom stereocenters. The summed E-state index contributed by atoms with van der Waals surface area (Å²) in [4.78, 5) is 32.8. The van der Waals surface area contributed by atoms with E-state index in [9.17, 15) is 19.7 Å². The lowest BCUT2D eigenvalue weighted by Gasteiger charge is -2.01. The van der Waals surface area contributed by atoms with Gasteiger partial charge < -0.3 is 5.11 Å². The number of carboxylic acid groups (broad SMARTS) is 1. The van der Waals surface area contributed by atoms with Gasteiger partial charge in [-0.3, -0.25) is 14.9 Å². The van der Waals surface area contributed by atoms with Gasteiger partial charge in [0.25, 0.3) is 11.6 Å². The quantitative estimate of drug-likeness (QED) is 0.497. The first kappa shape index (κ1) is 15.8. The Morgan fingerprint density at radius 2 is 1.78 bits per heavy atom. The van der Waals surface area contributed by atoms with E-state index in [-0.39, 0.29) is 16.8 Å². The largest absolute Gasteiger partial charge is 0.478 e. The van der Waals surface area contributed by atoms with Crippen LogP contribution in [0.15, 0.2) is 53.6 Å². The van der Waals surface area contributed by atoms with Crippen LogP contribution in [0.4, 0.5) is 5.69 Å². The number of benzene rings is 2. The summed E-state index contributed by atoms with van der Waals surface area (Å²) in [5.41, 5.74) is 2.47. The average molecular weight is 313 g/mol. The van der Waals surface area contributed by atoms with Crippen molar-refractivity contribution in [1.29, 1.82) is 0 Å². The van der Waals surface area contributed by atoms with Gasteiger partial charge in [0.05, 0.1) is 16.7 Å². The Morgan fingerprint density at radius 1 is 1.13 bits per heavy atom. The van der Waals surface area contributed by atoms with Crippen LogP contribution in [0.2, 0.25) is 0 Å². The molecule has 8 nitrogen and oxygen atoms in total. The molecule has 0 aliphatic rings. The molecule has 8 heteroatoms. The molecule has 2 rings (SSSR count). The fourth-order valence-corrected chi connectivity index (χ4v) is 1.76. The van der Waals surface area contributed by atoms with E-state index >= 15 is 0 Å². The summed E-state index contributed by atoms with van der Waals surface area (Å²) in [5, 5.41) is 23.3. The van der Waals surface area contributed by atoms with Crippen LogP contribution in [0, 0.1) is 10.1 Å². The van der Waals surface area contributed by atoms with E-state index in [1.54, 1.807) is 0 Å². The Morgan fingerprint density at radius 3 is 2.39 bits per heavy atom. The number of hydrogen-bond acceptors (Lipinski definition) is 5. The van der Waals surface area contributed by atoms with Crippen LogP contribution < -0.4 is 5.43 Å². The first-order valence-corrected chi connectivity index (χ1v) is 6.39. The SMILES string of the molecule is O=C(O)c1ccc(/C=N/NC(=O)c2ccccc2[N+](=O)[O-])cc1. The minimum Gasteiger partial charge on any atom is -0.478 e. The third kappa shape index (κ3) is 3.97. The van der Waals surface area contributed by atoms with Gasteiger partial charge in [-0.05, 0) is 23.8 Å². The molecule has 2 aromatic rings. The van der Waals surface area contributed by atoms with Gasteiger partial charge in [-0.2, -0.15) is 5.10 Å². The number of hydrazone groups is 1. The average Bonchev–Trinajstić information content (AvgIpc) is 2.55. The Kier molecular flexibility index (Phi) is 4.78. The van der Waals surface area contributed by atoms with Crippen molar-refractivity contribution in [2.75, 3.05) is 0 Å². The zero-order chi connectivity index (χ0) is 16.8. The zero-order valence-electron chi connectivity index (χ0n) is 11.7. The molecule has 0 aliphatic heterocycles. The molecule has 0 radical (unpaired) electrons. The van der Waals surface area contributed by atoms with Crippen molar-refractivity contribution in [2.24, 2.45) is 5.10 Å². The fraction of sp³-hybridized carbons (Fsp3) is 0. The Balaban J connectivity index is 2.07. The van der Waals surface area contributed by atoms with Gasteiger partial charge in [-0.25, -0.2) is 10.2 Å². The number of carbonyl (C=O) groups is 2. The summed E-state index contributed by atoms with van der Waals surface area (Å²) >= 11 is 0. The van der Waals surface area contributed by atoms with Crippen molar-refractivity contribution in [3.05, 3.63) is 75.3 Å². The molecule has 0 fully saturated rings. The predicted octanol–water partition coefficient (Wildman–Crippen LogP) is 2.06. The van der Waals surface area contributed by atoms with Crippen molar-refractivity contribution < 1.29 is 19.6 Å². The van der Waals surface area contributed by atoms with E-state index in [0.29, 0.717) is 5.56 Å². The van der Waals surface area contributed by atoms with Crippen LogP contribution in [0.5, 0.6) is 0 Å². The van der Waals surface area contributed by atoms with Crippen LogP contribution in [0.3, 0.4) is 0 Å². The molecule has 0 saturated heterocycles. The number of carboxylic acids is 1. The fourth-order valence-electron chi connectivity index (χ4n) is 1.76. The van der Waals surface area contributed by atoms with Crippen LogP contribution in [0.1, 0.15) is 26.3 Å². The number of nitro groups is 1. The standard InChI is InChI=1S/C15H11N3O5/c19-14(12-3-1-2-4-13(12)18(22)23)17-16-9-10-5-7-11(8-6-10)15(20)21/h1-9H,(H,17,19)(H,20,21)/b16-9+. The molecular formula is C15H11N3O5. The van der Waals surface area contributed by atoms with Crippen LogP contribution >= 0.6 is 0 Å². The number of aromatic carboxylic acids is 1. The number of nitrogens with zero attached hydrogens (tertiary/aromatic N) is 2. The first-order valence-electron chi connectivity index (χ1n) is 6.39. The number of rotatable bonds is 5. The van der Waals surface area contributed by atoms with Crippen LogP contribution in [-0.4, -0.2) is 28.1 Å². The van der Waals surface area contributed by atoms with Crippen molar-refractivity contribution in [1.82, 2.24) is 5.43 Å². The number of hydrogen-bond donors (Lipinski definition) is 2. The van der Waals surface area contributed by atoms with Gasteiger partial charge in [0.2, 0.25) is 0 Å². The monoisotopic (exact) mass is 313 g/mol. The van der Waals surface area contributed by atoms with Crippen molar-refractivity contribution in [3.63, 3.8) is 0 Å². The second-order valence-corrected chi connectivity index (χ2v) is 4.40. The second kappa shape index (κ2) is 6.94. The van der Waals surface area contributed by atoms with Crippen LogP contribution in [-0.2, 0) is 0 Å². The summed E-state index contributed by atoms with van der Waals surface area (Å²) in [6, 6.07) is 11.3. The lowest BCUT2D eigenvalue weighted by molar-refractivity contribution is -0.385. The van der Waals surface area contributed by atoms with Gasteiger partial charge in [0.1, 0.15) is 5.56 Å². The third-order valence-corrected chi connectivity index (χ3v) is 2.88. The molecule has 0 bridgehead atoms. The minimum atomic E-state index is -1.04. The number of carbonyl (C=O) groups excluding carboxylic acids is 1. The predicted molar refractivity (Wildman–Crippen MR) is 81.6 cm³/mol. The molecule has 0 aromatic heterocycles. The maximum Gasteiger partial charge on any atom is 0.335 e. The van der Waals surface area contributed by atoms with Gasteiger partial charge in [-0.1, -0.05) is 24.3 Å². The number of para-hydroxylation sites is 1. The summed E-state index contributed by atoms with van der Waals surface area (Å²) in [5.74, 6) is -1.76. The Labute approximate surface area is 130 Å². The minimum absolute atomic E-state index is 0.101. The molecular weight excluding hydrogens is 302 g/mol. The normalized spacial score (nSPS) is 10.4. The second-order valence-electron chi connectivity index (χ2n) is 4.40. The number of amides is 1. The smallest absolute Gasteiger partial charge is 0.335 e. The summed E-state index contributed by atoms with van der Waals surface area (Å²) in [6.07, 6.45) is 1.30. The first-order chi connectivity index (χ1) is 11.0. The van der Waals surface area contributed by atoms with Gasteiger partial charge in [0.15, 0.2) is 0 Å². The highest BCUT2D eigenvalue weighted by Crippen LogP contribution is 2.17. The van der Waals surface area contributed by atoms with Crippen molar-refractivity contribution in [2.45, 2.75) is 0 Å². The molecule has 2 N–H and O–H groups in total. The van der Waals surface area contributed by atoms with E-state index < -0.39 is 16.8 Å². The van der Waals surface area contributed by atoms with E-state index in [4.69, 9.17) is 5.11 Å². The maximum atomic E-state index is 11.9. The topological polar surface area (TPSA) is 122 Å². The van der Waals surface area contributed by atoms with E-state index in [0.717, 1.165) is 0 Å². The van der Waals surface area contributed by atoms with Gasteiger partial charge in [0, 0.05) is 6.07 Å². The van der Waals surface area contributed by atoms with E-state index in [2.05, 4.69) is 10.5 Å². The number of nitro benzene ring substituents is 1. The van der Waals surface area contributed by atoms with Crippen LogP contribution in [0.25, 0.3) is 0 Å². The molecule has 0 atom stereocenters. The molecule has 116 valence electrons. The molecule has 0 aliphatic carbocycles. The third-order valence-electron chi connectivity index (χ3n) is 2.88. The summed E-state index contributed by atoms with van der Waals surface area (Å²) in [6.45, 7) is 0. The molecule has 1 amide bonds. The molecule has 0 spiro atoms. The molecule has 2 aromatic carbocycles. The lowest BCUT2D eigenvalue weighted by atomic mass is 10.1. The molecule has 0 saturated carbocycles. The van der Waals surface area contributed by atoms with E-state index in [1.165, 1.54) is 54.7 Å². The maximum absolute atomic E-state index is 11.9. The van der Waals surface area contributed by atoms with Gasteiger partial charge >= 0.3 is 5.97 Å². The zero-order valence-corrected chi connectivity index (χ0v) is 11.7. The highest BCUT2D eigenvalue weighted by Gasteiger charge is 2.18.